The molecule has 66 heavy (non-hydrogen) atoms. The van der Waals surface area contributed by atoms with Crippen LogP contribution in [0.1, 0.15) is 49.9 Å². The fourth-order valence-electron chi connectivity index (χ4n) is 10.6. The number of ether oxygens (including phenoxy) is 4. The van der Waals surface area contributed by atoms with Crippen LogP contribution < -0.4 is 28.7 Å². The van der Waals surface area contributed by atoms with Gasteiger partial charge < -0.3 is 28.7 Å². The highest BCUT2D eigenvalue weighted by atomic mass is 16.5. The van der Waals surface area contributed by atoms with Crippen LogP contribution in [0.5, 0.6) is 23.0 Å². The van der Waals surface area contributed by atoms with Crippen molar-refractivity contribution in [3.8, 4) is 34.4 Å². The van der Waals surface area contributed by atoms with Crippen LogP contribution in [0.3, 0.4) is 0 Å². The molecule has 10 heteroatoms. The molecular weight excluding hydrogens is 821 g/mol. The fourth-order valence-corrected chi connectivity index (χ4v) is 10.6. The van der Waals surface area contributed by atoms with Crippen LogP contribution in [0.4, 0.5) is 22.7 Å². The highest BCUT2D eigenvalue weighted by molar-refractivity contribution is 6.02. The average Bonchev–Trinajstić information content (AvgIpc) is 3.61. The topological polar surface area (TPSA) is 93.9 Å². The van der Waals surface area contributed by atoms with Crippen LogP contribution in [0.2, 0.25) is 0 Å². The van der Waals surface area contributed by atoms with Gasteiger partial charge >= 0.3 is 0 Å². The molecule has 6 aromatic carbocycles. The van der Waals surface area contributed by atoms with Gasteiger partial charge in [0.2, 0.25) is 11.4 Å². The van der Waals surface area contributed by atoms with E-state index < -0.39 is 11.4 Å². The molecule has 12 rings (SSSR count). The standard InChI is InChI=1S/C56H48N6O4/c1-53(2)43-11-7-9-13-47(43)61(5)55(53)33-59-51-41-29-39(19-15-37(41)17-21-49(51)65-55)63-31-35-23-25-57-45(27-35)46-28-36(24-26-58-46)32-64-40-20-16-38-18-22-50-52(42(38)30-40)60-34-56(66-50)54(3,4)44-12-8-10-14-48(44)62(56)6/h7-30,33-34H,31-32H2,1-6H3. The largest absolute Gasteiger partial charge is 0.489 e. The summed E-state index contributed by atoms with van der Waals surface area (Å²) in [4.78, 5) is 24.0. The Morgan fingerprint density at radius 1 is 0.500 bits per heavy atom. The number of rotatable bonds is 7. The maximum Gasteiger partial charge on any atom is 0.228 e. The van der Waals surface area contributed by atoms with Crippen molar-refractivity contribution in [1.82, 2.24) is 9.97 Å². The van der Waals surface area contributed by atoms with Gasteiger partial charge in [-0.15, -0.1) is 0 Å². The Labute approximate surface area is 383 Å². The van der Waals surface area contributed by atoms with Crippen LogP contribution in [0, 0.1) is 0 Å². The van der Waals surface area contributed by atoms with E-state index in [0.29, 0.717) is 13.2 Å². The van der Waals surface area contributed by atoms with Crippen molar-refractivity contribution in [2.45, 2.75) is 63.2 Å². The summed E-state index contributed by atoms with van der Waals surface area (Å²) in [5, 5.41) is 4.06. The van der Waals surface area contributed by atoms with E-state index in [9.17, 15) is 0 Å². The number of hydrogen-bond donors (Lipinski definition) is 0. The molecule has 2 spiro atoms. The highest BCUT2D eigenvalue weighted by Gasteiger charge is 2.59. The zero-order chi connectivity index (χ0) is 45.0. The van der Waals surface area contributed by atoms with E-state index in [1.54, 1.807) is 12.4 Å². The number of hydrogen-bond acceptors (Lipinski definition) is 10. The molecule has 0 amide bonds. The lowest BCUT2D eigenvalue weighted by molar-refractivity contribution is 0.0826. The van der Waals surface area contributed by atoms with Crippen LogP contribution in [-0.4, -0.2) is 47.9 Å². The summed E-state index contributed by atoms with van der Waals surface area (Å²) >= 11 is 0. The number of nitrogens with zero attached hydrogens (tertiary/aromatic N) is 6. The van der Waals surface area contributed by atoms with Crippen molar-refractivity contribution in [2.75, 3.05) is 23.9 Å². The minimum absolute atomic E-state index is 0.330. The molecule has 0 saturated carbocycles. The molecule has 4 aliphatic heterocycles. The summed E-state index contributed by atoms with van der Waals surface area (Å²) in [6, 6.07) is 45.4. The molecule has 6 heterocycles. The Morgan fingerprint density at radius 2 is 0.924 bits per heavy atom. The van der Waals surface area contributed by atoms with Gasteiger partial charge in [0.05, 0.1) is 34.6 Å². The number of pyridine rings is 2. The number of anilines is 2. The van der Waals surface area contributed by atoms with Gasteiger partial charge in [-0.2, -0.15) is 0 Å². The van der Waals surface area contributed by atoms with E-state index in [1.807, 2.05) is 73.1 Å². The van der Waals surface area contributed by atoms with E-state index in [0.717, 1.165) is 89.8 Å². The molecule has 0 bridgehead atoms. The molecule has 0 N–H and O–H groups in total. The van der Waals surface area contributed by atoms with Gasteiger partial charge in [-0.1, -0.05) is 60.7 Å². The van der Waals surface area contributed by atoms with Crippen molar-refractivity contribution in [3.05, 3.63) is 168 Å². The summed E-state index contributed by atoms with van der Waals surface area (Å²) in [6.45, 7) is 9.58. The minimum Gasteiger partial charge on any atom is -0.489 e. The number of benzene rings is 6. The SMILES string of the molecule is CN1c2ccccc2C(C)(C)C12C=Nc1c(ccc3ccc(OCc4ccnc(-c5cc(COc6ccc7ccc8c(c7c6)N=CC6(O8)N(C)c7ccccc7C6(C)C)ccn5)c4)cc13)O2. The van der Waals surface area contributed by atoms with E-state index in [4.69, 9.17) is 28.9 Å². The first-order valence-corrected chi connectivity index (χ1v) is 22.4. The predicted octanol–water partition coefficient (Wildman–Crippen LogP) is 12.0. The Hall–Kier alpha value is -7.72. The molecule has 2 atom stereocenters. The summed E-state index contributed by atoms with van der Waals surface area (Å²) in [5.74, 6) is 2.97. The third-order valence-electron chi connectivity index (χ3n) is 14.5. The van der Waals surface area contributed by atoms with Crippen LogP contribution >= 0.6 is 0 Å². The maximum atomic E-state index is 6.94. The normalized spacial score (nSPS) is 20.2. The van der Waals surface area contributed by atoms with E-state index in [1.165, 1.54) is 11.1 Å². The van der Waals surface area contributed by atoms with E-state index in [-0.39, 0.29) is 10.8 Å². The quantitative estimate of drug-likeness (QED) is 0.156. The second kappa shape index (κ2) is 14.4. The molecule has 2 aromatic heterocycles. The zero-order valence-corrected chi connectivity index (χ0v) is 37.7. The first-order valence-electron chi connectivity index (χ1n) is 22.4. The fraction of sp³-hybridized carbons (Fsp3) is 0.214. The number of fused-ring (bicyclic) bond motifs is 8. The van der Waals surface area contributed by atoms with Crippen molar-refractivity contribution in [3.63, 3.8) is 0 Å². The molecule has 2 unspecified atom stereocenters. The number of aliphatic imine (C=N–C) groups is 2. The molecule has 0 saturated heterocycles. The Morgan fingerprint density at radius 3 is 1.36 bits per heavy atom. The summed E-state index contributed by atoms with van der Waals surface area (Å²) in [5.41, 5.74) is 7.65. The number of aromatic nitrogens is 2. The minimum atomic E-state index is -0.751. The van der Waals surface area contributed by atoms with Gasteiger partial charge in [-0.3, -0.25) is 20.0 Å². The third-order valence-corrected chi connectivity index (χ3v) is 14.5. The number of likely N-dealkylation sites (N-methyl/N-ethyl adjacent to an activating group) is 2. The molecule has 326 valence electrons. The lowest BCUT2D eigenvalue weighted by Crippen LogP contribution is -2.61. The Kier molecular flexibility index (Phi) is 8.69. The molecule has 10 nitrogen and oxygen atoms in total. The van der Waals surface area contributed by atoms with Gasteiger partial charge in [0, 0.05) is 48.6 Å². The third kappa shape index (κ3) is 5.79. The maximum absolute atomic E-state index is 6.94. The van der Waals surface area contributed by atoms with Crippen molar-refractivity contribution >= 4 is 56.7 Å². The van der Waals surface area contributed by atoms with Gasteiger partial charge in [0.25, 0.3) is 0 Å². The van der Waals surface area contributed by atoms with Gasteiger partial charge in [-0.25, -0.2) is 0 Å². The van der Waals surface area contributed by atoms with E-state index in [2.05, 4.69) is 134 Å². The van der Waals surface area contributed by atoms with Crippen molar-refractivity contribution in [2.24, 2.45) is 9.98 Å². The summed E-state index contributed by atoms with van der Waals surface area (Å²) in [6.07, 6.45) is 7.54. The smallest absolute Gasteiger partial charge is 0.228 e. The molecule has 0 radical (unpaired) electrons. The predicted molar refractivity (Wildman–Crippen MR) is 263 cm³/mol. The van der Waals surface area contributed by atoms with Gasteiger partial charge in [-0.05, 0) is 134 Å². The first kappa shape index (κ1) is 39.8. The van der Waals surface area contributed by atoms with Crippen LogP contribution in [0.25, 0.3) is 32.9 Å². The molecular formula is C56H48N6O4. The van der Waals surface area contributed by atoms with Gasteiger partial charge in [0.1, 0.15) is 47.6 Å². The molecule has 8 aromatic rings. The lowest BCUT2D eigenvalue weighted by Gasteiger charge is -2.45. The molecule has 0 aliphatic carbocycles. The lowest BCUT2D eigenvalue weighted by atomic mass is 9.77. The number of para-hydroxylation sites is 2. The second-order valence-corrected chi connectivity index (χ2v) is 18.8. The average molecular weight is 869 g/mol. The highest BCUT2D eigenvalue weighted by Crippen LogP contribution is 2.56. The van der Waals surface area contributed by atoms with E-state index >= 15 is 0 Å². The first-order chi connectivity index (χ1) is 32.0. The summed E-state index contributed by atoms with van der Waals surface area (Å²) in [7, 11) is 4.16. The second-order valence-electron chi connectivity index (χ2n) is 18.8. The van der Waals surface area contributed by atoms with Crippen LogP contribution in [-0.2, 0) is 24.0 Å². The monoisotopic (exact) mass is 868 g/mol. The Bertz CT molecular complexity index is 3140. The van der Waals surface area contributed by atoms with Gasteiger partial charge in [0.15, 0.2) is 0 Å². The molecule has 4 aliphatic rings. The van der Waals surface area contributed by atoms with Crippen molar-refractivity contribution < 1.29 is 18.9 Å². The zero-order valence-electron chi connectivity index (χ0n) is 37.7. The molecule has 0 fully saturated rings. The Balaban J connectivity index is 0.739. The van der Waals surface area contributed by atoms with Crippen LogP contribution in [0.15, 0.2) is 156 Å². The summed E-state index contributed by atoms with van der Waals surface area (Å²) < 4.78 is 26.7. The van der Waals surface area contributed by atoms with Crippen molar-refractivity contribution in [1.29, 1.82) is 0 Å².